The van der Waals surface area contributed by atoms with Crippen LogP contribution < -0.4 is 0 Å². The monoisotopic (exact) mass is 407 g/mol. The molecule has 1 aromatic heterocycles. The molecule has 28 heavy (non-hydrogen) atoms. The van der Waals surface area contributed by atoms with E-state index in [-0.39, 0.29) is 11.9 Å². The van der Waals surface area contributed by atoms with Gasteiger partial charge in [0.05, 0.1) is 6.26 Å². The second-order valence-electron chi connectivity index (χ2n) is 8.48. The fourth-order valence-corrected chi connectivity index (χ4v) is 6.35. The van der Waals surface area contributed by atoms with Gasteiger partial charge in [-0.1, -0.05) is 6.42 Å². The number of nitrogens with zero attached hydrogens (tertiary/aromatic N) is 3. The van der Waals surface area contributed by atoms with Gasteiger partial charge in [0.15, 0.2) is 0 Å². The molecular weight excluding hydrogens is 377 g/mol. The Labute approximate surface area is 167 Å². The van der Waals surface area contributed by atoms with Crippen molar-refractivity contribution < 1.29 is 12.8 Å². The first-order valence-electron chi connectivity index (χ1n) is 10.3. The van der Waals surface area contributed by atoms with E-state index in [2.05, 4.69) is 15.7 Å². The molecule has 2 aliphatic heterocycles. The van der Waals surface area contributed by atoms with Crippen LogP contribution in [0.1, 0.15) is 37.7 Å². The van der Waals surface area contributed by atoms with Crippen molar-refractivity contribution in [2.45, 2.75) is 44.7 Å². The summed E-state index contributed by atoms with van der Waals surface area (Å²) in [6.07, 6.45) is 8.58. The Morgan fingerprint density at radius 1 is 1.11 bits per heavy atom. The molecule has 0 spiro atoms. The lowest BCUT2D eigenvalue weighted by atomic mass is 9.85. The minimum Gasteiger partial charge on any atom is -0.350 e. The molecule has 5 nitrogen and oxygen atoms in total. The van der Waals surface area contributed by atoms with Gasteiger partial charge >= 0.3 is 0 Å². The van der Waals surface area contributed by atoms with Gasteiger partial charge in [0.25, 0.3) is 0 Å². The first kappa shape index (κ1) is 19.9. The van der Waals surface area contributed by atoms with Crippen molar-refractivity contribution in [1.29, 1.82) is 0 Å². The van der Waals surface area contributed by atoms with Crippen LogP contribution >= 0.6 is 0 Å². The first-order valence-corrected chi connectivity index (χ1v) is 12.1. The molecule has 3 heterocycles. The minimum absolute atomic E-state index is 0.164. The Hall–Kier alpha value is -1.44. The molecule has 2 aromatic rings. The van der Waals surface area contributed by atoms with E-state index in [1.165, 1.54) is 12.3 Å². The van der Waals surface area contributed by atoms with Crippen molar-refractivity contribution in [3.63, 3.8) is 0 Å². The number of sulfonamides is 1. The standard InChI is InChI=1S/C21H30FN3O2S/c1-23-14-17(19-13-18(22)6-7-21(19)23)15-24-11-8-16(9-12-24)20-5-3-4-10-25(20)28(2,26)27/h6-7,13-14,16,20H,3-5,8-12,15H2,1-2H3. The maximum absolute atomic E-state index is 13.7. The van der Waals surface area contributed by atoms with E-state index in [1.807, 2.05) is 13.1 Å². The van der Waals surface area contributed by atoms with Crippen LogP contribution in [0.3, 0.4) is 0 Å². The third-order valence-electron chi connectivity index (χ3n) is 6.53. The van der Waals surface area contributed by atoms with Crippen LogP contribution in [0.25, 0.3) is 10.9 Å². The predicted molar refractivity (Wildman–Crippen MR) is 110 cm³/mol. The Bertz CT molecular complexity index is 948. The van der Waals surface area contributed by atoms with Gasteiger partial charge in [-0.15, -0.1) is 0 Å². The van der Waals surface area contributed by atoms with Crippen molar-refractivity contribution in [2.24, 2.45) is 13.0 Å². The molecule has 0 radical (unpaired) electrons. The van der Waals surface area contributed by atoms with Crippen molar-refractivity contribution >= 4 is 20.9 Å². The van der Waals surface area contributed by atoms with Crippen LogP contribution in [-0.4, -0.2) is 54.1 Å². The highest BCUT2D eigenvalue weighted by atomic mass is 32.2. The van der Waals surface area contributed by atoms with Crippen molar-refractivity contribution in [2.75, 3.05) is 25.9 Å². The first-order chi connectivity index (χ1) is 13.3. The summed E-state index contributed by atoms with van der Waals surface area (Å²) in [4.78, 5) is 2.42. The highest BCUT2D eigenvalue weighted by molar-refractivity contribution is 7.88. The van der Waals surface area contributed by atoms with Crippen LogP contribution in [0, 0.1) is 11.7 Å². The third kappa shape index (κ3) is 3.98. The van der Waals surface area contributed by atoms with E-state index in [0.717, 1.165) is 68.2 Å². The minimum atomic E-state index is -3.13. The molecule has 0 N–H and O–H groups in total. The summed E-state index contributed by atoms with van der Waals surface area (Å²) >= 11 is 0. The number of likely N-dealkylation sites (tertiary alicyclic amines) is 1. The van der Waals surface area contributed by atoms with E-state index >= 15 is 0 Å². The average Bonchev–Trinajstić information content (AvgIpc) is 2.96. The maximum Gasteiger partial charge on any atom is 0.211 e. The molecule has 1 atom stereocenters. The van der Waals surface area contributed by atoms with Gasteiger partial charge in [0.2, 0.25) is 10.0 Å². The fraction of sp³-hybridized carbons (Fsp3) is 0.619. The smallest absolute Gasteiger partial charge is 0.211 e. The van der Waals surface area contributed by atoms with Gasteiger partial charge < -0.3 is 4.57 Å². The lowest BCUT2D eigenvalue weighted by Gasteiger charge is -2.42. The van der Waals surface area contributed by atoms with E-state index in [9.17, 15) is 12.8 Å². The van der Waals surface area contributed by atoms with Gasteiger partial charge in [0.1, 0.15) is 5.82 Å². The number of hydrogen-bond acceptors (Lipinski definition) is 3. The maximum atomic E-state index is 13.7. The summed E-state index contributed by atoms with van der Waals surface area (Å²) in [6, 6.07) is 5.14. The summed E-state index contributed by atoms with van der Waals surface area (Å²) in [5.41, 5.74) is 2.21. The Morgan fingerprint density at radius 2 is 1.86 bits per heavy atom. The number of aryl methyl sites for hydroxylation is 1. The van der Waals surface area contributed by atoms with Crippen molar-refractivity contribution in [1.82, 2.24) is 13.8 Å². The van der Waals surface area contributed by atoms with E-state index in [4.69, 9.17) is 0 Å². The summed E-state index contributed by atoms with van der Waals surface area (Å²) in [7, 11) is -1.13. The molecule has 1 unspecified atom stereocenters. The van der Waals surface area contributed by atoms with Gasteiger partial charge in [-0.2, -0.15) is 4.31 Å². The molecule has 0 bridgehead atoms. The zero-order chi connectivity index (χ0) is 19.9. The molecular formula is C21H30FN3O2S. The molecule has 0 amide bonds. The molecule has 2 saturated heterocycles. The van der Waals surface area contributed by atoms with E-state index in [0.29, 0.717) is 12.5 Å². The van der Waals surface area contributed by atoms with Crippen LogP contribution in [0.4, 0.5) is 4.39 Å². The van der Waals surface area contributed by atoms with Crippen LogP contribution in [0.15, 0.2) is 24.4 Å². The second kappa shape index (κ2) is 7.76. The van der Waals surface area contributed by atoms with Gasteiger partial charge in [0, 0.05) is 43.3 Å². The molecule has 0 aliphatic carbocycles. The Balaban J connectivity index is 1.43. The number of fused-ring (bicyclic) bond motifs is 1. The largest absolute Gasteiger partial charge is 0.350 e. The summed E-state index contributed by atoms with van der Waals surface area (Å²) in [6.45, 7) is 3.41. The Morgan fingerprint density at radius 3 is 2.57 bits per heavy atom. The van der Waals surface area contributed by atoms with E-state index < -0.39 is 10.0 Å². The number of rotatable bonds is 4. The van der Waals surface area contributed by atoms with Crippen LogP contribution in [0.5, 0.6) is 0 Å². The summed E-state index contributed by atoms with van der Waals surface area (Å²) < 4.78 is 41.9. The van der Waals surface area contributed by atoms with Crippen LogP contribution in [0.2, 0.25) is 0 Å². The van der Waals surface area contributed by atoms with Gasteiger partial charge in [-0.25, -0.2) is 12.8 Å². The number of aromatic nitrogens is 1. The third-order valence-corrected chi connectivity index (χ3v) is 7.83. The second-order valence-corrected chi connectivity index (χ2v) is 10.4. The lowest BCUT2D eigenvalue weighted by molar-refractivity contribution is 0.106. The molecule has 0 saturated carbocycles. The van der Waals surface area contributed by atoms with E-state index in [1.54, 1.807) is 10.4 Å². The SMILES string of the molecule is Cn1cc(CN2CCC(C3CCCCN3S(C)(=O)=O)CC2)c2cc(F)ccc21. The van der Waals surface area contributed by atoms with Gasteiger partial charge in [-0.05, 0) is 68.5 Å². The fourth-order valence-electron chi connectivity index (χ4n) is 5.12. The normalized spacial score (nSPS) is 23.5. The molecule has 2 fully saturated rings. The zero-order valence-electron chi connectivity index (χ0n) is 16.8. The predicted octanol–water partition coefficient (Wildman–Crippen LogP) is 3.34. The number of halogens is 1. The molecule has 4 rings (SSSR count). The van der Waals surface area contributed by atoms with Crippen LogP contribution in [-0.2, 0) is 23.6 Å². The molecule has 2 aliphatic rings. The number of benzene rings is 1. The Kier molecular flexibility index (Phi) is 5.51. The molecule has 154 valence electrons. The number of piperidine rings is 2. The molecule has 7 heteroatoms. The van der Waals surface area contributed by atoms with Crippen molar-refractivity contribution in [3.05, 3.63) is 35.8 Å². The molecule has 1 aromatic carbocycles. The quantitative estimate of drug-likeness (QED) is 0.781. The lowest BCUT2D eigenvalue weighted by Crippen LogP contribution is -2.49. The summed E-state index contributed by atoms with van der Waals surface area (Å²) in [5, 5.41) is 0.986. The van der Waals surface area contributed by atoms with Gasteiger partial charge in [-0.3, -0.25) is 4.90 Å². The average molecular weight is 408 g/mol. The highest BCUT2D eigenvalue weighted by Gasteiger charge is 2.36. The topological polar surface area (TPSA) is 45.5 Å². The highest BCUT2D eigenvalue weighted by Crippen LogP contribution is 2.33. The van der Waals surface area contributed by atoms with Crippen molar-refractivity contribution in [3.8, 4) is 0 Å². The zero-order valence-corrected chi connectivity index (χ0v) is 17.6. The summed E-state index contributed by atoms with van der Waals surface area (Å²) in [5.74, 6) is 0.244. The number of hydrogen-bond donors (Lipinski definition) is 0.